The molecule has 0 spiro atoms. The second-order valence-electron chi connectivity index (χ2n) is 7.00. The summed E-state index contributed by atoms with van der Waals surface area (Å²) >= 11 is 0. The number of ether oxygens (including phenoxy) is 2. The van der Waals surface area contributed by atoms with Crippen molar-refractivity contribution < 1.29 is 23.0 Å². The molecule has 2 fully saturated rings. The fourth-order valence-corrected chi connectivity index (χ4v) is 3.56. The molecule has 0 saturated carbocycles. The number of halogens is 2. The Morgan fingerprint density at radius 3 is 2.96 bits per heavy atom. The SMILES string of the molecule is CC(OCC1CCCO1)C(=O)NC1CNCCC1c1ccc(F)c(F)c1. The largest absolute Gasteiger partial charge is 0.376 e. The summed E-state index contributed by atoms with van der Waals surface area (Å²) in [7, 11) is 0. The summed E-state index contributed by atoms with van der Waals surface area (Å²) in [4.78, 5) is 12.5. The van der Waals surface area contributed by atoms with Gasteiger partial charge in [-0.2, -0.15) is 0 Å². The van der Waals surface area contributed by atoms with Crippen molar-refractivity contribution in [2.45, 2.75) is 50.4 Å². The predicted octanol–water partition coefficient (Wildman–Crippen LogP) is 2.11. The molecule has 26 heavy (non-hydrogen) atoms. The minimum Gasteiger partial charge on any atom is -0.376 e. The molecule has 5 nitrogen and oxygen atoms in total. The van der Waals surface area contributed by atoms with Crippen LogP contribution in [0.1, 0.15) is 37.7 Å². The number of carbonyl (C=O) groups is 1. The Morgan fingerprint density at radius 1 is 1.38 bits per heavy atom. The van der Waals surface area contributed by atoms with E-state index >= 15 is 0 Å². The van der Waals surface area contributed by atoms with Crippen LogP contribution in [0.5, 0.6) is 0 Å². The third-order valence-electron chi connectivity index (χ3n) is 5.11. The second-order valence-corrected chi connectivity index (χ2v) is 7.00. The van der Waals surface area contributed by atoms with Crippen LogP contribution in [-0.2, 0) is 14.3 Å². The van der Waals surface area contributed by atoms with Gasteiger partial charge in [0.25, 0.3) is 0 Å². The van der Waals surface area contributed by atoms with Crippen molar-refractivity contribution in [2.24, 2.45) is 0 Å². The van der Waals surface area contributed by atoms with Gasteiger partial charge in [0.1, 0.15) is 6.10 Å². The first kappa shape index (κ1) is 19.2. The number of hydrogen-bond acceptors (Lipinski definition) is 4. The summed E-state index contributed by atoms with van der Waals surface area (Å²) < 4.78 is 37.9. The summed E-state index contributed by atoms with van der Waals surface area (Å²) in [6.45, 7) is 4.21. The van der Waals surface area contributed by atoms with Crippen molar-refractivity contribution in [3.63, 3.8) is 0 Å². The molecule has 4 atom stereocenters. The van der Waals surface area contributed by atoms with Crippen LogP contribution < -0.4 is 10.6 Å². The molecule has 2 aliphatic heterocycles. The predicted molar refractivity (Wildman–Crippen MR) is 92.9 cm³/mol. The van der Waals surface area contributed by atoms with Gasteiger partial charge in [-0.3, -0.25) is 4.79 Å². The third kappa shape index (κ3) is 4.78. The summed E-state index contributed by atoms with van der Waals surface area (Å²) in [6.07, 6.45) is 2.20. The van der Waals surface area contributed by atoms with E-state index < -0.39 is 17.7 Å². The van der Waals surface area contributed by atoms with Crippen LogP contribution in [0.3, 0.4) is 0 Å². The number of benzene rings is 1. The highest BCUT2D eigenvalue weighted by atomic mass is 19.2. The average Bonchev–Trinajstić information content (AvgIpc) is 3.16. The van der Waals surface area contributed by atoms with Crippen LogP contribution in [0.2, 0.25) is 0 Å². The zero-order valence-corrected chi connectivity index (χ0v) is 15.0. The van der Waals surface area contributed by atoms with Gasteiger partial charge in [0.2, 0.25) is 5.91 Å². The Kier molecular flexibility index (Phi) is 6.56. The molecule has 2 heterocycles. The molecule has 2 N–H and O–H groups in total. The minimum atomic E-state index is -0.862. The van der Waals surface area contributed by atoms with Gasteiger partial charge in [-0.1, -0.05) is 6.07 Å². The number of carbonyl (C=O) groups excluding carboxylic acids is 1. The maximum atomic E-state index is 13.6. The zero-order chi connectivity index (χ0) is 18.5. The van der Waals surface area contributed by atoms with Gasteiger partial charge >= 0.3 is 0 Å². The van der Waals surface area contributed by atoms with Crippen molar-refractivity contribution in [3.05, 3.63) is 35.4 Å². The van der Waals surface area contributed by atoms with Crippen molar-refractivity contribution in [1.82, 2.24) is 10.6 Å². The highest BCUT2D eigenvalue weighted by molar-refractivity contribution is 5.80. The summed E-state index contributed by atoms with van der Waals surface area (Å²) in [5.41, 5.74) is 0.698. The molecule has 2 aliphatic rings. The molecule has 2 saturated heterocycles. The fourth-order valence-electron chi connectivity index (χ4n) is 3.56. The van der Waals surface area contributed by atoms with Crippen LogP contribution >= 0.6 is 0 Å². The van der Waals surface area contributed by atoms with Crippen LogP contribution in [0.4, 0.5) is 8.78 Å². The molecular formula is C19H26F2N2O3. The highest BCUT2D eigenvalue weighted by Gasteiger charge is 2.30. The van der Waals surface area contributed by atoms with Gasteiger partial charge in [-0.25, -0.2) is 8.78 Å². The van der Waals surface area contributed by atoms with E-state index in [9.17, 15) is 13.6 Å². The normalized spacial score (nSPS) is 27.3. The van der Waals surface area contributed by atoms with Crippen LogP contribution in [-0.4, -0.2) is 50.5 Å². The number of rotatable bonds is 6. The molecular weight excluding hydrogens is 342 g/mol. The average molecular weight is 368 g/mol. The molecule has 144 valence electrons. The Morgan fingerprint density at radius 2 is 2.23 bits per heavy atom. The van der Waals surface area contributed by atoms with Gasteiger partial charge < -0.3 is 20.1 Å². The van der Waals surface area contributed by atoms with Crippen molar-refractivity contribution >= 4 is 5.91 Å². The Labute approximate surface area is 152 Å². The van der Waals surface area contributed by atoms with Crippen LogP contribution in [0.15, 0.2) is 18.2 Å². The lowest BCUT2D eigenvalue weighted by atomic mass is 9.86. The first-order chi connectivity index (χ1) is 12.5. The lowest BCUT2D eigenvalue weighted by Crippen LogP contribution is -2.52. The molecule has 1 aromatic rings. The van der Waals surface area contributed by atoms with E-state index in [1.54, 1.807) is 13.0 Å². The zero-order valence-electron chi connectivity index (χ0n) is 15.0. The number of amides is 1. The maximum absolute atomic E-state index is 13.6. The van der Waals surface area contributed by atoms with Crippen molar-refractivity contribution in [1.29, 1.82) is 0 Å². The van der Waals surface area contributed by atoms with Crippen LogP contribution in [0, 0.1) is 11.6 Å². The molecule has 1 amide bonds. The van der Waals surface area contributed by atoms with E-state index in [0.717, 1.165) is 38.5 Å². The second kappa shape index (κ2) is 8.88. The monoisotopic (exact) mass is 368 g/mol. The van der Waals surface area contributed by atoms with E-state index in [4.69, 9.17) is 9.47 Å². The molecule has 4 unspecified atom stereocenters. The van der Waals surface area contributed by atoms with E-state index in [-0.39, 0.29) is 24.0 Å². The molecule has 7 heteroatoms. The Hall–Kier alpha value is -1.57. The van der Waals surface area contributed by atoms with Gasteiger partial charge in [-0.15, -0.1) is 0 Å². The number of hydrogen-bond donors (Lipinski definition) is 2. The molecule has 0 bridgehead atoms. The molecule has 0 aliphatic carbocycles. The van der Waals surface area contributed by atoms with E-state index in [1.165, 1.54) is 6.07 Å². The van der Waals surface area contributed by atoms with Gasteiger partial charge in [0.05, 0.1) is 12.7 Å². The first-order valence-corrected chi connectivity index (χ1v) is 9.24. The molecule has 0 aromatic heterocycles. The Balaban J connectivity index is 1.58. The fraction of sp³-hybridized carbons (Fsp3) is 0.632. The van der Waals surface area contributed by atoms with E-state index in [0.29, 0.717) is 18.7 Å². The summed E-state index contributed by atoms with van der Waals surface area (Å²) in [5.74, 6) is -2.00. The van der Waals surface area contributed by atoms with Gasteiger partial charge in [-0.05, 0) is 50.4 Å². The minimum absolute atomic E-state index is 0.0662. The quantitative estimate of drug-likeness (QED) is 0.808. The lowest BCUT2D eigenvalue weighted by molar-refractivity contribution is -0.134. The van der Waals surface area contributed by atoms with Crippen LogP contribution in [0.25, 0.3) is 0 Å². The highest BCUT2D eigenvalue weighted by Crippen LogP contribution is 2.27. The number of piperidine rings is 1. The topological polar surface area (TPSA) is 59.6 Å². The van der Waals surface area contributed by atoms with Crippen molar-refractivity contribution in [3.8, 4) is 0 Å². The van der Waals surface area contributed by atoms with E-state index in [2.05, 4.69) is 10.6 Å². The lowest BCUT2D eigenvalue weighted by Gasteiger charge is -2.34. The smallest absolute Gasteiger partial charge is 0.249 e. The number of nitrogens with one attached hydrogen (secondary N) is 2. The summed E-state index contributed by atoms with van der Waals surface area (Å²) in [5, 5.41) is 6.23. The molecule has 3 rings (SSSR count). The first-order valence-electron chi connectivity index (χ1n) is 9.24. The van der Waals surface area contributed by atoms with E-state index in [1.807, 2.05) is 0 Å². The summed E-state index contributed by atoms with van der Waals surface area (Å²) in [6, 6.07) is 3.75. The molecule has 1 aromatic carbocycles. The van der Waals surface area contributed by atoms with Crippen molar-refractivity contribution in [2.75, 3.05) is 26.3 Å². The third-order valence-corrected chi connectivity index (χ3v) is 5.11. The standard InChI is InChI=1S/C19H26F2N2O3/c1-12(26-11-14-3-2-8-25-14)19(24)23-18-10-22-7-6-15(18)13-4-5-16(20)17(21)9-13/h4-5,9,12,14-15,18,22H,2-3,6-8,10-11H2,1H3,(H,23,24). The molecule has 0 radical (unpaired) electrons. The van der Waals surface area contributed by atoms with Gasteiger partial charge in [0, 0.05) is 25.1 Å². The van der Waals surface area contributed by atoms with Gasteiger partial charge in [0.15, 0.2) is 11.6 Å². The Bertz CT molecular complexity index is 623. The maximum Gasteiger partial charge on any atom is 0.249 e.